The summed E-state index contributed by atoms with van der Waals surface area (Å²) >= 11 is 0. The summed E-state index contributed by atoms with van der Waals surface area (Å²) in [5, 5.41) is 0. The predicted molar refractivity (Wildman–Crippen MR) is 130 cm³/mol. The maximum atomic E-state index is 12.9. The molecule has 1 spiro atoms. The molecular weight excluding hydrogens is 542 g/mol. The topological polar surface area (TPSA) is 67.8 Å². The van der Waals surface area contributed by atoms with Gasteiger partial charge in [0.05, 0.1) is 18.0 Å². The van der Waals surface area contributed by atoms with Gasteiger partial charge in [0.2, 0.25) is 0 Å². The number of carbonyl (C=O) groups excluding carboxylic acids is 1. The number of aromatic nitrogens is 2. The molecule has 1 aromatic carbocycles. The number of nitrogens with zero attached hydrogens (tertiary/aromatic N) is 4. The van der Waals surface area contributed by atoms with Crippen LogP contribution in [-0.4, -0.2) is 52.0 Å². The minimum atomic E-state index is -4.58. The van der Waals surface area contributed by atoms with Crippen molar-refractivity contribution in [1.82, 2.24) is 19.8 Å². The number of carbonyl (C=O) groups is 1. The molecule has 0 radical (unpaired) electrons. The second-order valence-electron chi connectivity index (χ2n) is 10.0. The first kappa shape index (κ1) is 27.7. The van der Waals surface area contributed by atoms with Gasteiger partial charge in [-0.2, -0.15) is 26.3 Å². The summed E-state index contributed by atoms with van der Waals surface area (Å²) < 4.78 is 87.6. The zero-order valence-corrected chi connectivity index (χ0v) is 21.0. The Morgan fingerprint density at radius 2 is 1.62 bits per heavy atom. The van der Waals surface area contributed by atoms with E-state index in [1.807, 2.05) is 18.2 Å². The number of amides is 1. The van der Waals surface area contributed by atoms with E-state index in [1.165, 1.54) is 11.0 Å². The molecule has 0 N–H and O–H groups in total. The Morgan fingerprint density at radius 1 is 0.875 bits per heavy atom. The highest BCUT2D eigenvalue weighted by molar-refractivity contribution is 5.70. The Labute approximate surface area is 225 Å². The maximum Gasteiger partial charge on any atom is 0.433 e. The summed E-state index contributed by atoms with van der Waals surface area (Å²) in [7, 11) is 0. The molecular formula is C27H24F6N4O3. The number of benzene rings is 1. The Hall–Kier alpha value is -3.87. The lowest BCUT2D eigenvalue weighted by Gasteiger charge is -2.54. The summed E-state index contributed by atoms with van der Waals surface area (Å²) in [6.07, 6.45) is -5.54. The fourth-order valence-electron chi connectivity index (χ4n) is 5.00. The van der Waals surface area contributed by atoms with Crippen LogP contribution < -0.4 is 9.47 Å². The molecule has 212 valence electrons. The van der Waals surface area contributed by atoms with Crippen LogP contribution in [0.3, 0.4) is 0 Å². The third-order valence-electron chi connectivity index (χ3n) is 7.01. The summed E-state index contributed by atoms with van der Waals surface area (Å²) in [6.45, 7) is 3.16. The number of hydrogen-bond donors (Lipinski definition) is 0. The number of alkyl halides is 6. The van der Waals surface area contributed by atoms with Crippen LogP contribution >= 0.6 is 0 Å². The van der Waals surface area contributed by atoms with Gasteiger partial charge in [0.1, 0.15) is 17.2 Å². The van der Waals surface area contributed by atoms with Crippen LogP contribution in [0.15, 0.2) is 61.1 Å². The smallest absolute Gasteiger partial charge is 0.433 e. The van der Waals surface area contributed by atoms with Gasteiger partial charge in [0.25, 0.3) is 0 Å². The zero-order valence-electron chi connectivity index (χ0n) is 21.0. The van der Waals surface area contributed by atoms with E-state index < -0.39 is 29.7 Å². The minimum absolute atomic E-state index is 0.0501. The van der Waals surface area contributed by atoms with Gasteiger partial charge in [-0.3, -0.25) is 9.88 Å². The van der Waals surface area contributed by atoms with Gasteiger partial charge >= 0.3 is 18.4 Å². The van der Waals surface area contributed by atoms with E-state index in [2.05, 4.69) is 14.9 Å². The van der Waals surface area contributed by atoms with Gasteiger partial charge in [-0.15, -0.1) is 0 Å². The molecule has 2 saturated heterocycles. The number of ether oxygens (including phenoxy) is 2. The molecule has 0 unspecified atom stereocenters. The molecule has 0 bridgehead atoms. The molecule has 2 aliphatic heterocycles. The van der Waals surface area contributed by atoms with Gasteiger partial charge in [-0.25, -0.2) is 9.78 Å². The maximum absolute atomic E-state index is 12.9. The van der Waals surface area contributed by atoms with E-state index in [4.69, 9.17) is 9.47 Å². The molecule has 40 heavy (non-hydrogen) atoms. The molecule has 5 rings (SSSR count). The van der Waals surface area contributed by atoms with Crippen molar-refractivity contribution in [2.24, 2.45) is 5.41 Å². The Balaban J connectivity index is 1.09. The average molecular weight is 567 g/mol. The summed E-state index contributed by atoms with van der Waals surface area (Å²) in [5.41, 5.74) is -0.952. The highest BCUT2D eigenvalue weighted by Gasteiger charge is 2.45. The molecule has 0 atom stereocenters. The van der Waals surface area contributed by atoms with Gasteiger partial charge < -0.3 is 14.4 Å². The fourth-order valence-corrected chi connectivity index (χ4v) is 5.00. The van der Waals surface area contributed by atoms with Crippen LogP contribution in [-0.2, 0) is 18.9 Å². The number of likely N-dealkylation sites (tertiary alicyclic amines) is 2. The van der Waals surface area contributed by atoms with Gasteiger partial charge in [0, 0.05) is 38.9 Å². The molecule has 2 aliphatic rings. The Morgan fingerprint density at radius 3 is 2.27 bits per heavy atom. The number of rotatable bonds is 5. The number of piperidine rings is 1. The van der Waals surface area contributed by atoms with Crippen molar-refractivity contribution in [1.29, 1.82) is 0 Å². The van der Waals surface area contributed by atoms with E-state index in [1.54, 1.807) is 6.07 Å². The predicted octanol–water partition coefficient (Wildman–Crippen LogP) is 6.40. The number of hydrogen-bond acceptors (Lipinski definition) is 6. The lowest BCUT2D eigenvalue weighted by molar-refractivity contribution is -0.141. The van der Waals surface area contributed by atoms with E-state index in [0.29, 0.717) is 31.6 Å². The molecule has 4 heterocycles. The zero-order chi connectivity index (χ0) is 28.5. The van der Waals surface area contributed by atoms with Gasteiger partial charge in [-0.1, -0.05) is 12.1 Å². The van der Waals surface area contributed by atoms with Crippen LogP contribution in [0.5, 0.6) is 17.2 Å². The molecule has 7 nitrogen and oxygen atoms in total. The van der Waals surface area contributed by atoms with Crippen molar-refractivity contribution in [3.63, 3.8) is 0 Å². The van der Waals surface area contributed by atoms with Crippen LogP contribution in [0.25, 0.3) is 0 Å². The summed E-state index contributed by atoms with van der Waals surface area (Å²) in [5.74, 6) is 0.426. The van der Waals surface area contributed by atoms with Crippen molar-refractivity contribution < 1.29 is 40.6 Å². The Bertz CT molecular complexity index is 1350. The van der Waals surface area contributed by atoms with Crippen LogP contribution in [0.2, 0.25) is 0 Å². The van der Waals surface area contributed by atoms with Crippen molar-refractivity contribution in [3.05, 3.63) is 77.9 Å². The summed E-state index contributed by atoms with van der Waals surface area (Å²) in [6, 6.07) is 10.1. The highest BCUT2D eigenvalue weighted by Crippen LogP contribution is 2.41. The first-order chi connectivity index (χ1) is 18.9. The van der Waals surface area contributed by atoms with E-state index >= 15 is 0 Å². The molecule has 1 amide bonds. The number of halogens is 6. The minimum Gasteiger partial charge on any atom is -0.456 e. The first-order valence-electron chi connectivity index (χ1n) is 12.4. The van der Waals surface area contributed by atoms with Gasteiger partial charge in [0.15, 0.2) is 5.75 Å². The lowest BCUT2D eigenvalue weighted by Crippen LogP contribution is -2.60. The fraction of sp³-hybridized carbons (Fsp3) is 0.370. The lowest BCUT2D eigenvalue weighted by atomic mass is 9.72. The monoisotopic (exact) mass is 566 g/mol. The highest BCUT2D eigenvalue weighted by atomic mass is 19.4. The molecule has 0 saturated carbocycles. The van der Waals surface area contributed by atoms with Gasteiger partial charge in [-0.05, 0) is 54.2 Å². The third-order valence-corrected chi connectivity index (χ3v) is 7.01. The molecule has 3 aromatic rings. The standard InChI is InChI=1S/C27H24F6N4O3/c28-26(29,30)19-11-22(13-34-12-19)40-24(38)37-8-6-25(7-9-37)16-36(17-25)15-18-2-1-3-20(10-18)39-21-4-5-23(35-14-21)27(31,32)33/h1-5,10-14H,6-9,15-17H2. The number of pyridine rings is 2. The van der Waals surface area contributed by atoms with Crippen LogP contribution in [0.1, 0.15) is 29.7 Å². The average Bonchev–Trinajstić information content (AvgIpc) is 2.88. The van der Waals surface area contributed by atoms with Crippen molar-refractivity contribution in [2.45, 2.75) is 31.7 Å². The quantitative estimate of drug-likeness (QED) is 0.333. The molecule has 2 fully saturated rings. The summed E-state index contributed by atoms with van der Waals surface area (Å²) in [4.78, 5) is 23.1. The second-order valence-corrected chi connectivity index (χ2v) is 10.0. The normalized spacial score (nSPS) is 17.4. The first-order valence-corrected chi connectivity index (χ1v) is 12.4. The molecule has 0 aliphatic carbocycles. The van der Waals surface area contributed by atoms with Crippen molar-refractivity contribution in [3.8, 4) is 17.2 Å². The SMILES string of the molecule is O=C(Oc1cncc(C(F)(F)F)c1)N1CCC2(CC1)CN(Cc1cccc(Oc3ccc(C(F)(F)F)nc3)c1)C2. The van der Waals surface area contributed by atoms with Crippen LogP contribution in [0, 0.1) is 5.41 Å². The van der Waals surface area contributed by atoms with Crippen LogP contribution in [0.4, 0.5) is 31.1 Å². The third kappa shape index (κ3) is 6.46. The Kier molecular flexibility index (Phi) is 7.34. The molecule has 2 aromatic heterocycles. The van der Waals surface area contributed by atoms with E-state index in [0.717, 1.165) is 56.0 Å². The van der Waals surface area contributed by atoms with Crippen molar-refractivity contribution >= 4 is 6.09 Å². The van der Waals surface area contributed by atoms with E-state index in [9.17, 15) is 31.1 Å². The largest absolute Gasteiger partial charge is 0.456 e. The molecule has 13 heteroatoms. The second kappa shape index (κ2) is 10.6. The van der Waals surface area contributed by atoms with Crippen molar-refractivity contribution in [2.75, 3.05) is 26.2 Å². The van der Waals surface area contributed by atoms with E-state index in [-0.39, 0.29) is 16.9 Å².